The fourth-order valence-electron chi connectivity index (χ4n) is 1.47. The SMILES string of the molecule is C=C(c1ccccc1)c1cc(C)c[nH]1. The molecule has 0 amide bonds. The second-order valence-corrected chi connectivity index (χ2v) is 3.44. The van der Waals surface area contributed by atoms with Gasteiger partial charge in [-0.2, -0.15) is 0 Å². The number of H-pyrrole nitrogens is 1. The van der Waals surface area contributed by atoms with Gasteiger partial charge in [0.1, 0.15) is 0 Å². The van der Waals surface area contributed by atoms with Crippen LogP contribution in [-0.2, 0) is 0 Å². The predicted molar refractivity (Wildman–Crippen MR) is 60.1 cm³/mol. The maximum Gasteiger partial charge on any atom is 0.0456 e. The van der Waals surface area contributed by atoms with Gasteiger partial charge in [0.05, 0.1) is 0 Å². The van der Waals surface area contributed by atoms with Gasteiger partial charge in [-0.3, -0.25) is 0 Å². The monoisotopic (exact) mass is 183 g/mol. The van der Waals surface area contributed by atoms with Gasteiger partial charge in [-0.15, -0.1) is 0 Å². The highest BCUT2D eigenvalue weighted by molar-refractivity contribution is 5.76. The van der Waals surface area contributed by atoms with Gasteiger partial charge in [0.2, 0.25) is 0 Å². The molecule has 2 aromatic rings. The van der Waals surface area contributed by atoms with Crippen LogP contribution in [0, 0.1) is 6.92 Å². The molecule has 0 aliphatic heterocycles. The summed E-state index contributed by atoms with van der Waals surface area (Å²) in [5, 5.41) is 0. The van der Waals surface area contributed by atoms with E-state index in [1.165, 1.54) is 5.56 Å². The average molecular weight is 183 g/mol. The van der Waals surface area contributed by atoms with Crippen LogP contribution in [0.15, 0.2) is 49.2 Å². The minimum Gasteiger partial charge on any atom is -0.361 e. The number of hydrogen-bond donors (Lipinski definition) is 1. The number of rotatable bonds is 2. The molecule has 0 radical (unpaired) electrons. The van der Waals surface area contributed by atoms with Crippen LogP contribution >= 0.6 is 0 Å². The smallest absolute Gasteiger partial charge is 0.0456 e. The van der Waals surface area contributed by atoms with Gasteiger partial charge in [0.15, 0.2) is 0 Å². The highest BCUT2D eigenvalue weighted by Gasteiger charge is 2.02. The van der Waals surface area contributed by atoms with Crippen LogP contribution in [0.4, 0.5) is 0 Å². The highest BCUT2D eigenvalue weighted by Crippen LogP contribution is 2.20. The van der Waals surface area contributed by atoms with Crippen LogP contribution in [-0.4, -0.2) is 4.98 Å². The molecule has 0 bridgehead atoms. The summed E-state index contributed by atoms with van der Waals surface area (Å²) in [6.45, 7) is 6.14. The lowest BCUT2D eigenvalue weighted by Crippen LogP contribution is -1.84. The van der Waals surface area contributed by atoms with E-state index in [2.05, 4.69) is 36.7 Å². The van der Waals surface area contributed by atoms with Crippen LogP contribution in [0.5, 0.6) is 0 Å². The molecule has 1 aromatic carbocycles. The van der Waals surface area contributed by atoms with Crippen molar-refractivity contribution in [2.45, 2.75) is 6.92 Å². The van der Waals surface area contributed by atoms with Gasteiger partial charge >= 0.3 is 0 Å². The van der Waals surface area contributed by atoms with Gasteiger partial charge < -0.3 is 4.98 Å². The maximum atomic E-state index is 4.08. The molecule has 0 spiro atoms. The first-order valence-electron chi connectivity index (χ1n) is 4.67. The first-order valence-corrected chi connectivity index (χ1v) is 4.67. The molecule has 2 rings (SSSR count). The van der Waals surface area contributed by atoms with Gasteiger partial charge in [-0.05, 0) is 29.7 Å². The summed E-state index contributed by atoms with van der Waals surface area (Å²) < 4.78 is 0. The largest absolute Gasteiger partial charge is 0.361 e. The molecule has 0 atom stereocenters. The summed E-state index contributed by atoms with van der Waals surface area (Å²) in [7, 11) is 0. The summed E-state index contributed by atoms with van der Waals surface area (Å²) in [5.74, 6) is 0. The molecule has 1 aromatic heterocycles. The molecule has 1 N–H and O–H groups in total. The van der Waals surface area contributed by atoms with Gasteiger partial charge in [0.25, 0.3) is 0 Å². The van der Waals surface area contributed by atoms with Crippen molar-refractivity contribution >= 4 is 5.57 Å². The molecule has 0 aliphatic rings. The van der Waals surface area contributed by atoms with Gasteiger partial charge in [-0.1, -0.05) is 36.9 Å². The Hall–Kier alpha value is -1.76. The normalized spacial score (nSPS) is 10.1. The Morgan fingerprint density at radius 3 is 2.50 bits per heavy atom. The third kappa shape index (κ3) is 1.62. The summed E-state index contributed by atoms with van der Waals surface area (Å²) in [6, 6.07) is 12.3. The number of aromatic amines is 1. The third-order valence-electron chi connectivity index (χ3n) is 2.27. The Kier molecular flexibility index (Phi) is 2.23. The van der Waals surface area contributed by atoms with Crippen molar-refractivity contribution in [3.63, 3.8) is 0 Å². The van der Waals surface area contributed by atoms with Gasteiger partial charge in [0, 0.05) is 11.9 Å². The molecular formula is C13H13N. The molecule has 0 fully saturated rings. The lowest BCUT2D eigenvalue weighted by molar-refractivity contribution is 1.34. The predicted octanol–water partition coefficient (Wildman–Crippen LogP) is 3.38. The van der Waals surface area contributed by atoms with Crippen molar-refractivity contribution < 1.29 is 0 Å². The lowest BCUT2D eigenvalue weighted by atomic mass is 10.1. The lowest BCUT2D eigenvalue weighted by Gasteiger charge is -2.02. The van der Waals surface area contributed by atoms with E-state index in [-0.39, 0.29) is 0 Å². The molecule has 70 valence electrons. The van der Waals surface area contributed by atoms with E-state index < -0.39 is 0 Å². The van der Waals surface area contributed by atoms with Crippen molar-refractivity contribution in [3.8, 4) is 0 Å². The Balaban J connectivity index is 2.34. The highest BCUT2D eigenvalue weighted by atomic mass is 14.7. The van der Waals surface area contributed by atoms with Crippen LogP contribution in [0.25, 0.3) is 5.57 Å². The number of aryl methyl sites for hydroxylation is 1. The van der Waals surface area contributed by atoms with E-state index in [0.717, 1.165) is 16.8 Å². The number of benzene rings is 1. The number of hydrogen-bond acceptors (Lipinski definition) is 0. The number of nitrogens with one attached hydrogen (secondary N) is 1. The minimum atomic E-state index is 1.04. The second kappa shape index (κ2) is 3.54. The second-order valence-electron chi connectivity index (χ2n) is 3.44. The first-order chi connectivity index (χ1) is 6.77. The summed E-state index contributed by atoms with van der Waals surface area (Å²) >= 11 is 0. The van der Waals surface area contributed by atoms with Crippen molar-refractivity contribution in [1.29, 1.82) is 0 Å². The van der Waals surface area contributed by atoms with Crippen molar-refractivity contribution in [2.75, 3.05) is 0 Å². The number of aromatic nitrogens is 1. The quantitative estimate of drug-likeness (QED) is 0.734. The molecule has 14 heavy (non-hydrogen) atoms. The molecule has 0 aliphatic carbocycles. The van der Waals surface area contributed by atoms with Gasteiger partial charge in [-0.25, -0.2) is 0 Å². The molecular weight excluding hydrogens is 170 g/mol. The summed E-state index contributed by atoms with van der Waals surface area (Å²) in [5.41, 5.74) is 4.53. The van der Waals surface area contributed by atoms with Crippen LogP contribution in [0.1, 0.15) is 16.8 Å². The van der Waals surface area contributed by atoms with E-state index in [4.69, 9.17) is 0 Å². The Morgan fingerprint density at radius 2 is 1.93 bits per heavy atom. The zero-order valence-electron chi connectivity index (χ0n) is 8.25. The van der Waals surface area contributed by atoms with E-state index in [0.29, 0.717) is 0 Å². The Morgan fingerprint density at radius 1 is 1.21 bits per heavy atom. The van der Waals surface area contributed by atoms with E-state index in [1.54, 1.807) is 0 Å². The minimum absolute atomic E-state index is 1.04. The van der Waals surface area contributed by atoms with Crippen molar-refractivity contribution in [2.24, 2.45) is 0 Å². The third-order valence-corrected chi connectivity index (χ3v) is 2.27. The Labute approximate surface area is 84.1 Å². The van der Waals surface area contributed by atoms with Crippen LogP contribution in [0.2, 0.25) is 0 Å². The molecule has 0 unspecified atom stereocenters. The Bertz CT molecular complexity index is 437. The van der Waals surface area contributed by atoms with Crippen molar-refractivity contribution in [3.05, 3.63) is 66.0 Å². The standard InChI is InChI=1S/C13H13N/c1-10-8-13(14-9-10)11(2)12-6-4-3-5-7-12/h3-9,14H,2H2,1H3. The molecule has 0 saturated heterocycles. The fourth-order valence-corrected chi connectivity index (χ4v) is 1.47. The summed E-state index contributed by atoms with van der Waals surface area (Å²) in [4.78, 5) is 3.20. The van der Waals surface area contributed by atoms with E-state index >= 15 is 0 Å². The maximum absolute atomic E-state index is 4.08. The van der Waals surface area contributed by atoms with Crippen LogP contribution in [0.3, 0.4) is 0 Å². The molecule has 1 heterocycles. The molecule has 1 heteroatoms. The first kappa shape index (κ1) is 8.82. The zero-order valence-corrected chi connectivity index (χ0v) is 8.25. The van der Waals surface area contributed by atoms with E-state index in [9.17, 15) is 0 Å². The topological polar surface area (TPSA) is 15.8 Å². The fraction of sp³-hybridized carbons (Fsp3) is 0.0769. The average Bonchev–Trinajstić information content (AvgIpc) is 2.65. The van der Waals surface area contributed by atoms with E-state index in [1.807, 2.05) is 24.4 Å². The van der Waals surface area contributed by atoms with Crippen LogP contribution < -0.4 is 0 Å². The molecule has 1 nitrogen and oxygen atoms in total. The molecule has 0 saturated carbocycles. The summed E-state index contributed by atoms with van der Waals surface area (Å²) in [6.07, 6.45) is 1.99. The van der Waals surface area contributed by atoms with Crippen molar-refractivity contribution in [1.82, 2.24) is 4.98 Å². The zero-order chi connectivity index (χ0) is 9.97.